The predicted molar refractivity (Wildman–Crippen MR) is 135 cm³/mol. The molecule has 3 amide bonds. The molecular formula is C27H22ClN3O5. The van der Waals surface area contributed by atoms with Crippen LogP contribution >= 0.6 is 11.6 Å². The first-order valence-corrected chi connectivity index (χ1v) is 11.5. The number of imide groups is 1. The van der Waals surface area contributed by atoms with Gasteiger partial charge in [0.25, 0.3) is 17.7 Å². The molecule has 0 unspecified atom stereocenters. The topological polar surface area (TPSA) is 105 Å². The van der Waals surface area contributed by atoms with E-state index >= 15 is 0 Å². The minimum Gasteiger partial charge on any atom is -0.462 e. The number of esters is 1. The minimum absolute atomic E-state index is 0.0581. The van der Waals surface area contributed by atoms with Crippen LogP contribution in [0.3, 0.4) is 0 Å². The highest BCUT2D eigenvalue weighted by atomic mass is 35.5. The number of hydrogen-bond donors (Lipinski definition) is 2. The zero-order valence-electron chi connectivity index (χ0n) is 19.3. The minimum atomic E-state index is -0.594. The van der Waals surface area contributed by atoms with Crippen molar-refractivity contribution in [1.29, 1.82) is 0 Å². The average Bonchev–Trinajstić information content (AvgIpc) is 3.08. The lowest BCUT2D eigenvalue weighted by atomic mass is 10.1. The second-order valence-electron chi connectivity index (χ2n) is 7.83. The Morgan fingerprint density at radius 3 is 2.25 bits per heavy atom. The van der Waals surface area contributed by atoms with E-state index in [0.29, 0.717) is 16.9 Å². The van der Waals surface area contributed by atoms with Gasteiger partial charge in [-0.3, -0.25) is 19.3 Å². The van der Waals surface area contributed by atoms with E-state index in [1.54, 1.807) is 43.3 Å². The summed E-state index contributed by atoms with van der Waals surface area (Å²) >= 11 is 6.19. The fraction of sp³-hybridized carbons (Fsp3) is 0.111. The molecule has 3 aromatic carbocycles. The van der Waals surface area contributed by atoms with Crippen molar-refractivity contribution in [2.24, 2.45) is 0 Å². The summed E-state index contributed by atoms with van der Waals surface area (Å²) in [6.07, 6.45) is 0. The molecule has 36 heavy (non-hydrogen) atoms. The molecule has 0 aromatic heterocycles. The van der Waals surface area contributed by atoms with Gasteiger partial charge in [-0.15, -0.1) is 0 Å². The van der Waals surface area contributed by atoms with E-state index in [9.17, 15) is 19.2 Å². The molecule has 0 aliphatic carbocycles. The zero-order valence-corrected chi connectivity index (χ0v) is 20.0. The third kappa shape index (κ3) is 5.45. The Labute approximate surface area is 212 Å². The van der Waals surface area contributed by atoms with Crippen molar-refractivity contribution in [2.75, 3.05) is 17.2 Å². The monoisotopic (exact) mass is 503 g/mol. The van der Waals surface area contributed by atoms with Gasteiger partial charge in [-0.2, -0.15) is 0 Å². The van der Waals surface area contributed by atoms with Gasteiger partial charge in [0, 0.05) is 16.9 Å². The lowest BCUT2D eigenvalue weighted by Gasteiger charge is -2.15. The molecule has 0 atom stereocenters. The molecule has 0 radical (unpaired) electrons. The van der Waals surface area contributed by atoms with E-state index in [1.807, 2.05) is 30.3 Å². The van der Waals surface area contributed by atoms with Crippen LogP contribution in [0.2, 0.25) is 0 Å². The van der Waals surface area contributed by atoms with Crippen LogP contribution in [0.1, 0.15) is 33.2 Å². The summed E-state index contributed by atoms with van der Waals surface area (Å²) in [7, 11) is 0. The van der Waals surface area contributed by atoms with Gasteiger partial charge in [-0.05, 0) is 48.9 Å². The van der Waals surface area contributed by atoms with Crippen LogP contribution in [0.15, 0.2) is 89.6 Å². The summed E-state index contributed by atoms with van der Waals surface area (Å²) in [4.78, 5) is 51.3. The van der Waals surface area contributed by atoms with Crippen molar-refractivity contribution in [3.05, 3.63) is 106 Å². The van der Waals surface area contributed by atoms with E-state index in [4.69, 9.17) is 16.3 Å². The SMILES string of the molecule is CCOC(=O)c1cccc(NC(=O)c2cccc(NC3=C(Cl)C(=O)N(Cc4ccccc4)C3=O)c2)c1. The smallest absolute Gasteiger partial charge is 0.338 e. The van der Waals surface area contributed by atoms with Crippen molar-refractivity contribution in [2.45, 2.75) is 13.5 Å². The molecule has 0 saturated heterocycles. The Bertz CT molecular complexity index is 1370. The normalized spacial score (nSPS) is 13.1. The first-order valence-electron chi connectivity index (χ1n) is 11.1. The molecule has 1 heterocycles. The van der Waals surface area contributed by atoms with E-state index in [1.165, 1.54) is 12.1 Å². The van der Waals surface area contributed by atoms with Crippen molar-refractivity contribution >= 4 is 46.7 Å². The van der Waals surface area contributed by atoms with Crippen LogP contribution in [0.5, 0.6) is 0 Å². The number of amides is 3. The van der Waals surface area contributed by atoms with Crippen molar-refractivity contribution in [1.82, 2.24) is 4.90 Å². The summed E-state index contributed by atoms with van der Waals surface area (Å²) in [6.45, 7) is 2.05. The number of anilines is 2. The Kier molecular flexibility index (Phi) is 7.46. The number of nitrogens with one attached hydrogen (secondary N) is 2. The molecule has 8 nitrogen and oxygen atoms in total. The maximum absolute atomic E-state index is 12.9. The highest BCUT2D eigenvalue weighted by molar-refractivity contribution is 6.48. The van der Waals surface area contributed by atoms with E-state index in [0.717, 1.165) is 10.5 Å². The summed E-state index contributed by atoms with van der Waals surface area (Å²) in [5.41, 5.74) is 2.15. The Morgan fingerprint density at radius 1 is 0.861 bits per heavy atom. The molecule has 2 N–H and O–H groups in total. The van der Waals surface area contributed by atoms with E-state index < -0.39 is 23.7 Å². The number of ether oxygens (including phenoxy) is 1. The average molecular weight is 504 g/mol. The van der Waals surface area contributed by atoms with Gasteiger partial charge in [-0.1, -0.05) is 54.1 Å². The summed E-state index contributed by atoms with van der Waals surface area (Å²) in [5.74, 6) is -2.07. The number of halogens is 1. The van der Waals surface area contributed by atoms with Crippen LogP contribution in [0.4, 0.5) is 11.4 Å². The van der Waals surface area contributed by atoms with Crippen LogP contribution < -0.4 is 10.6 Å². The maximum Gasteiger partial charge on any atom is 0.338 e. The molecule has 4 rings (SSSR count). The molecule has 1 aliphatic rings. The summed E-state index contributed by atoms with van der Waals surface area (Å²) in [6, 6.07) is 21.9. The van der Waals surface area contributed by atoms with Crippen LogP contribution in [0, 0.1) is 0 Å². The number of nitrogens with zero attached hydrogens (tertiary/aromatic N) is 1. The molecule has 0 fully saturated rings. The lowest BCUT2D eigenvalue weighted by molar-refractivity contribution is -0.138. The van der Waals surface area contributed by atoms with Gasteiger partial charge in [0.15, 0.2) is 0 Å². The highest BCUT2D eigenvalue weighted by Crippen LogP contribution is 2.27. The van der Waals surface area contributed by atoms with Crippen molar-refractivity contribution < 1.29 is 23.9 Å². The first kappa shape index (κ1) is 24.7. The molecule has 0 bridgehead atoms. The summed E-state index contributed by atoms with van der Waals surface area (Å²) < 4.78 is 4.99. The molecule has 0 saturated carbocycles. The third-order valence-corrected chi connectivity index (χ3v) is 5.67. The number of carbonyl (C=O) groups is 4. The standard InChI is InChI=1S/C27H22ClN3O5/c1-2-36-27(35)19-11-7-13-21(15-19)30-24(32)18-10-6-12-20(14-18)29-23-22(28)25(33)31(26(23)34)16-17-8-4-3-5-9-17/h3-15,29H,2,16H2,1H3,(H,30,32). The Balaban J connectivity index is 1.47. The molecule has 3 aromatic rings. The number of hydrogen-bond acceptors (Lipinski definition) is 6. The van der Waals surface area contributed by atoms with Gasteiger partial charge in [-0.25, -0.2) is 4.79 Å². The first-order chi connectivity index (χ1) is 17.4. The van der Waals surface area contributed by atoms with Gasteiger partial charge < -0.3 is 15.4 Å². The molecule has 0 spiro atoms. The second-order valence-corrected chi connectivity index (χ2v) is 8.21. The van der Waals surface area contributed by atoms with Crippen LogP contribution in [0.25, 0.3) is 0 Å². The molecule has 1 aliphatic heterocycles. The summed E-state index contributed by atoms with van der Waals surface area (Å²) in [5, 5.41) is 5.39. The Morgan fingerprint density at radius 2 is 1.53 bits per heavy atom. The van der Waals surface area contributed by atoms with Crippen molar-refractivity contribution in [3.8, 4) is 0 Å². The van der Waals surface area contributed by atoms with Gasteiger partial charge in [0.2, 0.25) is 0 Å². The second kappa shape index (κ2) is 10.9. The van der Waals surface area contributed by atoms with Crippen LogP contribution in [-0.4, -0.2) is 35.2 Å². The maximum atomic E-state index is 12.9. The highest BCUT2D eigenvalue weighted by Gasteiger charge is 2.37. The lowest BCUT2D eigenvalue weighted by Crippen LogP contribution is -2.31. The van der Waals surface area contributed by atoms with Gasteiger partial charge in [0.05, 0.1) is 18.7 Å². The fourth-order valence-electron chi connectivity index (χ4n) is 3.59. The van der Waals surface area contributed by atoms with Gasteiger partial charge >= 0.3 is 5.97 Å². The number of rotatable bonds is 8. The van der Waals surface area contributed by atoms with Gasteiger partial charge in [0.1, 0.15) is 10.7 Å². The van der Waals surface area contributed by atoms with Crippen molar-refractivity contribution in [3.63, 3.8) is 0 Å². The Hall–Kier alpha value is -4.43. The van der Waals surface area contributed by atoms with Crippen LogP contribution in [-0.2, 0) is 20.9 Å². The quantitative estimate of drug-likeness (QED) is 0.345. The molecule has 182 valence electrons. The fourth-order valence-corrected chi connectivity index (χ4v) is 3.82. The van der Waals surface area contributed by atoms with E-state index in [-0.39, 0.29) is 29.4 Å². The predicted octanol–water partition coefficient (Wildman–Crippen LogP) is 4.55. The third-order valence-electron chi connectivity index (χ3n) is 5.32. The number of benzene rings is 3. The number of carbonyl (C=O) groups excluding carboxylic acids is 4. The molecule has 9 heteroatoms. The van der Waals surface area contributed by atoms with E-state index in [2.05, 4.69) is 10.6 Å². The zero-order chi connectivity index (χ0) is 25.7. The molecular weight excluding hydrogens is 482 g/mol. The largest absolute Gasteiger partial charge is 0.462 e.